The third kappa shape index (κ3) is 11.5. The number of hydrogen-bond donors (Lipinski definition) is 12. The average molecular weight is 1140 g/mol. The number of allylic oxidation sites excluding steroid dienone is 1. The summed E-state index contributed by atoms with van der Waals surface area (Å²) in [5.41, 5.74) is 11.6. The van der Waals surface area contributed by atoms with E-state index in [1.54, 1.807) is 69.2 Å². The predicted octanol–water partition coefficient (Wildman–Crippen LogP) is 0.773. The number of nitrogens with two attached hydrogens (primary N) is 2. The molecule has 0 unspecified atom stereocenters. The van der Waals surface area contributed by atoms with E-state index in [0.717, 1.165) is 0 Å². The zero-order chi connectivity index (χ0) is 54.1. The van der Waals surface area contributed by atoms with Gasteiger partial charge in [-0.2, -0.15) is 0 Å². The Morgan fingerprint density at radius 3 is 2.66 bits per heavy atom. The van der Waals surface area contributed by atoms with Crippen molar-refractivity contribution in [1.82, 2.24) is 15.5 Å². The first-order valence-electron chi connectivity index (χ1n) is 26.1. The van der Waals surface area contributed by atoms with Gasteiger partial charge in [0.25, 0.3) is 0 Å². The summed E-state index contributed by atoms with van der Waals surface area (Å²) in [5.74, 6) is -5.87. The number of rotatable bonds is 12. The molecule has 2 spiro atoms. The van der Waals surface area contributed by atoms with Crippen molar-refractivity contribution in [2.24, 2.45) is 50.5 Å². The quantitative estimate of drug-likeness (QED) is 0.0244. The lowest BCUT2D eigenvalue weighted by atomic mass is 9.60. The number of carbonyl (C=O) groups excluding carboxylic acids is 1. The standard InChI is InChI=1S/C50H73N7O15S4/c1-25(2)69-41-44(71-36(22-61)40(62)50(41,66)67)72-45-49-10-3-14-73-75-37(15-29-17-48(56-47(52)54-29)11-9-28(49)16-48)39-34(21-60)57-18-26(38(30(19-57)42(63)64)55-46(51)53-12-4-13-58)5-7-33(49)31(23-68-45)43(65)70-35-8-6-27(20-59)32(35)24-74-76-39/h3,5,7,10,19,23,25,27-29,32-37,39-41,44-45,58-62,66-67H,4,6,8-9,11-18,20-22,24H2,1-2H3,(H,63,64)(H3,51,53,55)(H3,52,54,56)/b7-5+,10-3+/t27-,28+,29-,32-,33+,34-,35+,36+,37+,39+,40+,41-,44-,45-,48+,49-/m0/s1. The van der Waals surface area contributed by atoms with Gasteiger partial charge >= 0.3 is 11.9 Å². The Morgan fingerprint density at radius 2 is 1.92 bits per heavy atom. The van der Waals surface area contributed by atoms with Crippen LogP contribution in [-0.4, -0.2) is 198 Å². The van der Waals surface area contributed by atoms with Gasteiger partial charge in [0, 0.05) is 66.6 Å². The van der Waals surface area contributed by atoms with Crippen LogP contribution in [0.5, 0.6) is 0 Å². The first-order chi connectivity index (χ1) is 36.4. The van der Waals surface area contributed by atoms with Gasteiger partial charge < -0.3 is 91.5 Å². The Kier molecular flexibility index (Phi) is 18.3. The van der Waals surface area contributed by atoms with Crippen molar-refractivity contribution in [1.29, 1.82) is 0 Å². The SMILES string of the molecule is CC(C)O[C@H]1[C@H](O[C@@H]2OC=C3C(=O)O[C@@H]4CC[C@@H](CO)[C@@H]4CSS[C@H]4[C@H]5C[C@H]6C[C@]7(CC[C@H](C7)[C@@]2(/C=C/CSS5)[C@@H]3/C=C/C2=C(NC(N)=NCCCO)C(C(=O)O)=CN(C2)[C@H]4CO)NC(N)=N6)O[C@H](CO)[C@@H](O)C1(O)O. The van der Waals surface area contributed by atoms with Crippen LogP contribution in [0.15, 0.2) is 69.2 Å². The monoisotopic (exact) mass is 1140 g/mol. The normalized spacial score (nSPS) is 40.3. The fraction of sp³-hybridized carbons (Fsp3) is 0.720. The minimum Gasteiger partial charge on any atom is -0.478 e. The van der Waals surface area contributed by atoms with Crippen molar-refractivity contribution in [3.63, 3.8) is 0 Å². The highest BCUT2D eigenvalue weighted by molar-refractivity contribution is 8.78. The van der Waals surface area contributed by atoms with Gasteiger partial charge in [-0.1, -0.05) is 67.5 Å². The van der Waals surface area contributed by atoms with E-state index in [-0.39, 0.29) is 90.1 Å². The second kappa shape index (κ2) is 24.2. The maximum atomic E-state index is 15.4. The van der Waals surface area contributed by atoms with Crippen LogP contribution >= 0.6 is 43.2 Å². The molecule has 22 nitrogen and oxygen atoms in total. The number of guanidine groups is 2. The number of hydrogen-bond acceptors (Lipinski definition) is 23. The highest BCUT2D eigenvalue weighted by Gasteiger charge is 2.63. The highest BCUT2D eigenvalue weighted by Crippen LogP contribution is 2.59. The van der Waals surface area contributed by atoms with E-state index in [4.69, 9.17) is 40.1 Å². The van der Waals surface area contributed by atoms with E-state index in [9.17, 15) is 45.6 Å². The van der Waals surface area contributed by atoms with E-state index >= 15 is 4.79 Å². The summed E-state index contributed by atoms with van der Waals surface area (Å²) in [6, 6.07) is -0.973. The van der Waals surface area contributed by atoms with Gasteiger partial charge in [0.2, 0.25) is 12.1 Å². The topological polar surface area (TPSA) is 346 Å². The number of aliphatic hydroxyl groups excluding tert-OH is 5. The van der Waals surface area contributed by atoms with Gasteiger partial charge in [-0.3, -0.25) is 4.99 Å². The number of carboxylic acid groups (broad SMARTS) is 1. The minimum absolute atomic E-state index is 0.0405. The van der Waals surface area contributed by atoms with Crippen LogP contribution in [-0.2, 0) is 33.3 Å². The summed E-state index contributed by atoms with van der Waals surface area (Å²) >= 11 is 0. The Bertz CT molecular complexity index is 2360. The molecular formula is C50H73N7O15S4. The van der Waals surface area contributed by atoms with Crippen molar-refractivity contribution >= 4 is 67.0 Å². The maximum absolute atomic E-state index is 15.4. The molecule has 26 heteroatoms. The Morgan fingerprint density at radius 1 is 1.11 bits per heavy atom. The third-order valence-electron chi connectivity index (χ3n) is 16.4. The number of esters is 1. The third-order valence-corrected chi connectivity index (χ3v) is 22.3. The highest BCUT2D eigenvalue weighted by atomic mass is 33.1. The molecule has 422 valence electrons. The van der Waals surface area contributed by atoms with Gasteiger partial charge in [-0.15, -0.1) is 0 Å². The van der Waals surface area contributed by atoms with E-state index in [2.05, 4.69) is 15.6 Å². The minimum atomic E-state index is -3.00. The first kappa shape index (κ1) is 57.5. The summed E-state index contributed by atoms with van der Waals surface area (Å²) in [6.45, 7) is 2.06. The molecule has 0 aromatic heterocycles. The number of nitrogens with zero attached hydrogens (tertiary/aromatic N) is 3. The van der Waals surface area contributed by atoms with Crippen LogP contribution in [0.1, 0.15) is 65.2 Å². The first-order valence-corrected chi connectivity index (χ1v) is 30.9. The number of fused-ring (bicyclic) bond motifs is 9. The van der Waals surface area contributed by atoms with E-state index < -0.39 is 96.3 Å². The number of aliphatic imine (C=N–C) groups is 2. The number of ether oxygens (including phenoxy) is 5. The molecule has 76 heavy (non-hydrogen) atoms. The molecule has 2 saturated carbocycles. The fourth-order valence-electron chi connectivity index (χ4n) is 12.8. The summed E-state index contributed by atoms with van der Waals surface area (Å²) in [5, 5.41) is 94.1. The predicted molar refractivity (Wildman–Crippen MR) is 288 cm³/mol. The second-order valence-electron chi connectivity index (χ2n) is 21.5. The molecule has 16 atom stereocenters. The Hall–Kier alpha value is -3.22. The molecule has 0 amide bonds. The zero-order valence-corrected chi connectivity index (χ0v) is 45.8. The van der Waals surface area contributed by atoms with Crippen LogP contribution in [0.4, 0.5) is 0 Å². The maximum Gasteiger partial charge on any atom is 0.339 e. The molecule has 7 heterocycles. The summed E-state index contributed by atoms with van der Waals surface area (Å²) in [4.78, 5) is 40.3. The molecule has 9 rings (SSSR count). The molecule has 7 aliphatic heterocycles. The average Bonchev–Trinajstić information content (AvgIpc) is 3.97. The summed E-state index contributed by atoms with van der Waals surface area (Å²) in [7, 11) is 6.38. The number of aliphatic carboxylic acids is 1. The van der Waals surface area contributed by atoms with Gasteiger partial charge in [0.1, 0.15) is 18.3 Å². The van der Waals surface area contributed by atoms with Crippen LogP contribution in [0.3, 0.4) is 0 Å². The molecule has 2 aliphatic carbocycles. The molecule has 1 saturated heterocycles. The fourth-order valence-corrected chi connectivity index (χ4v) is 19.6. The van der Waals surface area contributed by atoms with Crippen LogP contribution in [0.25, 0.3) is 0 Å². The lowest BCUT2D eigenvalue weighted by molar-refractivity contribution is -0.418. The van der Waals surface area contributed by atoms with Crippen molar-refractivity contribution < 1.29 is 74.1 Å². The van der Waals surface area contributed by atoms with Crippen LogP contribution < -0.4 is 22.1 Å². The van der Waals surface area contributed by atoms with Gasteiger partial charge in [-0.25, -0.2) is 14.6 Å². The van der Waals surface area contributed by atoms with E-state index in [1.165, 1.54) is 12.5 Å². The molecular weight excluding hydrogens is 1070 g/mol. The number of carbonyl (C=O) groups is 2. The molecule has 0 aromatic carbocycles. The van der Waals surface area contributed by atoms with Gasteiger partial charge in [0.05, 0.1) is 65.2 Å². The van der Waals surface area contributed by atoms with Crippen molar-refractivity contribution in [2.45, 2.75) is 142 Å². The van der Waals surface area contributed by atoms with Crippen molar-refractivity contribution in [2.75, 3.05) is 51.0 Å². The summed E-state index contributed by atoms with van der Waals surface area (Å²) in [6.07, 6.45) is 4.66. The van der Waals surface area contributed by atoms with E-state index in [0.29, 0.717) is 68.4 Å². The van der Waals surface area contributed by atoms with Crippen molar-refractivity contribution in [3.05, 3.63) is 59.2 Å². The Labute approximate surface area is 457 Å². The van der Waals surface area contributed by atoms with Gasteiger partial charge in [0.15, 0.2) is 24.3 Å². The molecule has 0 radical (unpaired) electrons. The number of nitrogens with one attached hydrogen (secondary N) is 2. The molecule has 0 aromatic rings. The molecule has 9 aliphatic rings. The molecule has 14 N–H and O–H groups in total. The lowest BCUT2D eigenvalue weighted by Gasteiger charge is -2.53. The van der Waals surface area contributed by atoms with Crippen molar-refractivity contribution in [3.8, 4) is 0 Å². The van der Waals surface area contributed by atoms with Gasteiger partial charge in [-0.05, 0) is 82.6 Å². The van der Waals surface area contributed by atoms with Crippen LogP contribution in [0, 0.1) is 29.1 Å². The summed E-state index contributed by atoms with van der Waals surface area (Å²) < 4.78 is 32.7. The number of aliphatic hydroxyl groups is 7. The van der Waals surface area contributed by atoms with E-state index in [1.807, 2.05) is 17.1 Å². The molecule has 9 bridgehead atoms. The molecule has 3 fully saturated rings. The second-order valence-corrected chi connectivity index (χ2v) is 26.7. The lowest BCUT2D eigenvalue weighted by Crippen LogP contribution is -2.69. The Balaban J connectivity index is 1.33. The van der Waals surface area contributed by atoms with Crippen LogP contribution in [0.2, 0.25) is 0 Å². The smallest absolute Gasteiger partial charge is 0.339 e. The number of carboxylic acids is 1. The largest absolute Gasteiger partial charge is 0.478 e. The zero-order valence-electron chi connectivity index (χ0n) is 42.5.